The number of nitrogens with one attached hydrogen (secondary N) is 1. The molecule has 8 nitrogen and oxygen atoms in total. The van der Waals surface area contributed by atoms with Gasteiger partial charge in [-0.2, -0.15) is 0 Å². The minimum absolute atomic E-state index is 0.0586. The van der Waals surface area contributed by atoms with Gasteiger partial charge in [0, 0.05) is 0 Å². The largest absolute Gasteiger partial charge is 0.507 e. The van der Waals surface area contributed by atoms with E-state index >= 15 is 0 Å². The first-order valence-corrected chi connectivity index (χ1v) is 7.30. The second-order valence-electron chi connectivity index (χ2n) is 5.33. The summed E-state index contributed by atoms with van der Waals surface area (Å²) in [7, 11) is -1.97. The van der Waals surface area contributed by atoms with Crippen LogP contribution in [0.2, 0.25) is 0 Å². The first-order valence-electron chi connectivity index (χ1n) is 7.30. The van der Waals surface area contributed by atoms with Gasteiger partial charge in [0.2, 0.25) is 0 Å². The van der Waals surface area contributed by atoms with E-state index in [9.17, 15) is 29.9 Å². The predicted octanol–water partition coefficient (Wildman–Crippen LogP) is 0.149. The number of hydrogen-bond donors (Lipinski definition) is 6. The van der Waals surface area contributed by atoms with Crippen molar-refractivity contribution >= 4 is 19.0 Å². The van der Waals surface area contributed by atoms with Crippen LogP contribution in [0.3, 0.4) is 0 Å². The van der Waals surface area contributed by atoms with Crippen molar-refractivity contribution in [3.05, 3.63) is 59.2 Å². The Morgan fingerprint density at radius 3 is 2.24 bits per heavy atom. The molecule has 0 saturated carbocycles. The molecule has 6 N–H and O–H groups in total. The normalized spacial score (nSPS) is 11.6. The number of para-hydroxylation sites is 2. The average Bonchev–Trinajstić information content (AvgIpc) is 2.55. The number of carbonyl (C=O) groups excluding carboxylic acids is 1. The van der Waals surface area contributed by atoms with Gasteiger partial charge in [0.25, 0.3) is 5.91 Å². The third-order valence-corrected chi connectivity index (χ3v) is 3.61. The molecule has 9 heteroatoms. The van der Waals surface area contributed by atoms with Crippen molar-refractivity contribution in [1.82, 2.24) is 5.32 Å². The fourth-order valence-corrected chi connectivity index (χ4v) is 2.31. The van der Waals surface area contributed by atoms with E-state index in [1.54, 1.807) is 0 Å². The standard InChI is InChI=1S/C16H16BNO7/c19-12-7-2-1-5-10(12)15(21)18-13(17(24)25)8-9-4-3-6-11(14(9)20)16(22)23/h1-7,13,19-20,24-25H,8H2,(H,18,21)(H,22,23). The molecule has 0 heterocycles. The van der Waals surface area contributed by atoms with Crippen LogP contribution in [0, 0.1) is 0 Å². The number of hydrogen-bond acceptors (Lipinski definition) is 6. The lowest BCUT2D eigenvalue weighted by molar-refractivity contribution is 0.0693. The highest BCUT2D eigenvalue weighted by Crippen LogP contribution is 2.24. The minimum Gasteiger partial charge on any atom is -0.507 e. The first kappa shape index (κ1) is 18.3. The molecule has 2 aromatic rings. The van der Waals surface area contributed by atoms with Gasteiger partial charge in [0.1, 0.15) is 17.1 Å². The number of phenols is 2. The van der Waals surface area contributed by atoms with Gasteiger partial charge in [-0.05, 0) is 30.2 Å². The van der Waals surface area contributed by atoms with Gasteiger partial charge in [0.15, 0.2) is 0 Å². The van der Waals surface area contributed by atoms with E-state index in [1.165, 1.54) is 42.5 Å². The van der Waals surface area contributed by atoms with Gasteiger partial charge in [-0.25, -0.2) is 4.79 Å². The predicted molar refractivity (Wildman–Crippen MR) is 88.3 cm³/mol. The number of benzene rings is 2. The molecule has 0 aromatic heterocycles. The summed E-state index contributed by atoms with van der Waals surface area (Å²) in [6.07, 6.45) is -0.232. The zero-order valence-electron chi connectivity index (χ0n) is 13.0. The van der Waals surface area contributed by atoms with E-state index in [-0.39, 0.29) is 28.9 Å². The lowest BCUT2D eigenvalue weighted by Gasteiger charge is -2.19. The van der Waals surface area contributed by atoms with E-state index in [1.807, 2.05) is 0 Å². The van der Waals surface area contributed by atoms with Crippen LogP contribution in [0.4, 0.5) is 0 Å². The summed E-state index contributed by atoms with van der Waals surface area (Å²) in [5, 5.41) is 50.0. The van der Waals surface area contributed by atoms with Gasteiger partial charge < -0.3 is 30.7 Å². The maximum atomic E-state index is 12.2. The molecule has 2 rings (SSSR count). The zero-order chi connectivity index (χ0) is 18.6. The molecule has 0 bridgehead atoms. The Balaban J connectivity index is 2.23. The smallest absolute Gasteiger partial charge is 0.475 e. The Kier molecular flexibility index (Phi) is 5.63. The van der Waals surface area contributed by atoms with Crippen molar-refractivity contribution in [2.75, 3.05) is 0 Å². The van der Waals surface area contributed by atoms with Crippen LogP contribution in [-0.4, -0.2) is 50.3 Å². The monoisotopic (exact) mass is 345 g/mol. The second kappa shape index (κ2) is 7.69. The molecular formula is C16H16BNO7. The van der Waals surface area contributed by atoms with Crippen molar-refractivity contribution in [1.29, 1.82) is 0 Å². The van der Waals surface area contributed by atoms with Gasteiger partial charge in [-0.1, -0.05) is 24.3 Å². The highest BCUT2D eigenvalue weighted by atomic mass is 16.4. The van der Waals surface area contributed by atoms with Gasteiger partial charge in [-0.15, -0.1) is 0 Å². The van der Waals surface area contributed by atoms with Crippen LogP contribution in [0.1, 0.15) is 26.3 Å². The summed E-state index contributed by atoms with van der Waals surface area (Å²) < 4.78 is 0. The molecule has 0 aliphatic rings. The van der Waals surface area contributed by atoms with E-state index in [4.69, 9.17) is 5.11 Å². The van der Waals surface area contributed by atoms with Crippen molar-refractivity contribution in [3.8, 4) is 11.5 Å². The number of carbonyl (C=O) groups is 2. The minimum atomic E-state index is -1.97. The number of aromatic hydroxyl groups is 2. The lowest BCUT2D eigenvalue weighted by Crippen LogP contribution is -2.47. The van der Waals surface area contributed by atoms with Gasteiger partial charge in [0.05, 0.1) is 11.5 Å². The summed E-state index contributed by atoms with van der Waals surface area (Å²) >= 11 is 0. The van der Waals surface area contributed by atoms with Crippen molar-refractivity contribution in [2.45, 2.75) is 12.4 Å². The first-order chi connectivity index (χ1) is 11.8. The third kappa shape index (κ3) is 4.28. The molecule has 0 aliphatic heterocycles. The summed E-state index contributed by atoms with van der Waals surface area (Å²) in [4.78, 5) is 23.2. The average molecular weight is 345 g/mol. The van der Waals surface area contributed by atoms with Gasteiger partial charge in [-0.3, -0.25) is 4.79 Å². The maximum Gasteiger partial charge on any atom is 0.475 e. The fourth-order valence-electron chi connectivity index (χ4n) is 2.31. The molecule has 0 aliphatic carbocycles. The Morgan fingerprint density at radius 1 is 1.00 bits per heavy atom. The van der Waals surface area contributed by atoms with Crippen molar-refractivity contribution < 1.29 is 35.0 Å². The molecule has 0 fully saturated rings. The third-order valence-electron chi connectivity index (χ3n) is 3.61. The highest BCUT2D eigenvalue weighted by molar-refractivity contribution is 6.43. The van der Waals surface area contributed by atoms with Crippen LogP contribution >= 0.6 is 0 Å². The summed E-state index contributed by atoms with van der Waals surface area (Å²) in [6.45, 7) is 0. The molecule has 2 aromatic carbocycles. The number of rotatable bonds is 6. The van der Waals surface area contributed by atoms with Crippen LogP contribution < -0.4 is 5.32 Å². The Morgan fingerprint density at radius 2 is 1.64 bits per heavy atom. The van der Waals surface area contributed by atoms with Crippen molar-refractivity contribution in [3.63, 3.8) is 0 Å². The Bertz CT molecular complexity index is 794. The molecule has 1 atom stereocenters. The Labute approximate surface area is 143 Å². The number of amides is 1. The topological polar surface area (TPSA) is 147 Å². The quantitative estimate of drug-likeness (QED) is 0.408. The van der Waals surface area contributed by atoms with E-state index in [0.717, 1.165) is 0 Å². The SMILES string of the molecule is O=C(NC(Cc1cccc(C(=O)O)c1O)B(O)O)c1ccccc1O. The Hall–Kier alpha value is -3.04. The van der Waals surface area contributed by atoms with Crippen molar-refractivity contribution in [2.24, 2.45) is 0 Å². The molecule has 0 radical (unpaired) electrons. The number of carboxylic acid groups (broad SMARTS) is 1. The number of phenolic OH excluding ortho intramolecular Hbond substituents is 1. The molecule has 1 amide bonds. The number of aromatic carboxylic acids is 1. The maximum absolute atomic E-state index is 12.2. The van der Waals surface area contributed by atoms with Crippen LogP contribution in [0.25, 0.3) is 0 Å². The summed E-state index contributed by atoms with van der Waals surface area (Å²) in [5.74, 6) is -4.11. The van der Waals surface area contributed by atoms with E-state index < -0.39 is 30.7 Å². The van der Waals surface area contributed by atoms with Gasteiger partial charge >= 0.3 is 13.1 Å². The van der Waals surface area contributed by atoms with E-state index in [0.29, 0.717) is 0 Å². The number of carboxylic acids is 1. The van der Waals surface area contributed by atoms with E-state index in [2.05, 4.69) is 5.32 Å². The summed E-state index contributed by atoms with van der Waals surface area (Å²) in [5.41, 5.74) is -0.275. The van der Waals surface area contributed by atoms with Crippen LogP contribution in [-0.2, 0) is 6.42 Å². The fraction of sp³-hybridized carbons (Fsp3) is 0.125. The molecule has 130 valence electrons. The second-order valence-corrected chi connectivity index (χ2v) is 5.33. The molecular weight excluding hydrogens is 329 g/mol. The molecule has 0 saturated heterocycles. The summed E-state index contributed by atoms with van der Waals surface area (Å²) in [6, 6.07) is 9.72. The zero-order valence-corrected chi connectivity index (χ0v) is 13.0. The van der Waals surface area contributed by atoms with Crippen LogP contribution in [0.5, 0.6) is 11.5 Å². The lowest BCUT2D eigenvalue weighted by atomic mass is 9.75. The highest BCUT2D eigenvalue weighted by Gasteiger charge is 2.28. The molecule has 25 heavy (non-hydrogen) atoms. The molecule has 1 unspecified atom stereocenters. The van der Waals surface area contributed by atoms with Crippen LogP contribution in [0.15, 0.2) is 42.5 Å². The molecule has 0 spiro atoms.